The number of thioether (sulfide) groups is 1. The molecule has 0 spiro atoms. The zero-order chi connectivity index (χ0) is 18.5. The number of nitrogens with zero attached hydrogens (tertiary/aromatic N) is 2. The molecule has 0 atom stereocenters. The Kier molecular flexibility index (Phi) is 6.12. The lowest BCUT2D eigenvalue weighted by Gasteiger charge is -2.08. The summed E-state index contributed by atoms with van der Waals surface area (Å²) in [5, 5.41) is 7.93. The second kappa shape index (κ2) is 8.52. The Bertz CT molecular complexity index is 900. The number of ether oxygens (including phenoxy) is 1. The Morgan fingerprint density at radius 2 is 2.23 bits per heavy atom. The number of nitrogens with one attached hydrogen (secondary N) is 1. The Morgan fingerprint density at radius 1 is 1.38 bits per heavy atom. The molecule has 0 unspecified atom stereocenters. The van der Waals surface area contributed by atoms with Crippen LogP contribution >= 0.6 is 34.4 Å². The van der Waals surface area contributed by atoms with Crippen molar-refractivity contribution in [2.75, 3.05) is 17.7 Å². The van der Waals surface area contributed by atoms with Crippen molar-refractivity contribution in [3.63, 3.8) is 0 Å². The molecule has 3 aromatic rings. The van der Waals surface area contributed by atoms with Gasteiger partial charge in [-0.15, -0.1) is 22.7 Å². The van der Waals surface area contributed by atoms with Crippen LogP contribution in [0.4, 0.5) is 5.00 Å². The van der Waals surface area contributed by atoms with E-state index in [2.05, 4.69) is 10.3 Å². The maximum Gasteiger partial charge on any atom is 0.341 e. The fourth-order valence-corrected chi connectivity index (χ4v) is 4.77. The predicted octanol–water partition coefficient (Wildman–Crippen LogP) is 4.12. The lowest BCUT2D eigenvalue weighted by molar-refractivity contribution is -0.113. The van der Waals surface area contributed by atoms with Gasteiger partial charge in [-0.3, -0.25) is 4.79 Å². The zero-order valence-corrected chi connectivity index (χ0v) is 16.7. The summed E-state index contributed by atoms with van der Waals surface area (Å²) in [6.45, 7) is 2.04. The first-order chi connectivity index (χ1) is 12.6. The van der Waals surface area contributed by atoms with Crippen LogP contribution in [0.2, 0.25) is 0 Å². The summed E-state index contributed by atoms with van der Waals surface area (Å²) in [5.41, 5.74) is 1.20. The lowest BCUT2D eigenvalue weighted by Crippen LogP contribution is -2.16. The molecule has 0 fully saturated rings. The van der Waals surface area contributed by atoms with Gasteiger partial charge in [-0.05, 0) is 18.4 Å². The summed E-state index contributed by atoms with van der Waals surface area (Å²) >= 11 is 4.21. The molecule has 0 aromatic carbocycles. The number of aromatic nitrogens is 2. The Morgan fingerprint density at radius 3 is 2.88 bits per heavy atom. The number of hydrogen-bond donors (Lipinski definition) is 1. The van der Waals surface area contributed by atoms with E-state index in [-0.39, 0.29) is 18.3 Å². The molecule has 6 nitrogen and oxygen atoms in total. The Balaban J connectivity index is 1.77. The quantitative estimate of drug-likeness (QED) is 0.471. The van der Waals surface area contributed by atoms with Gasteiger partial charge in [0.05, 0.1) is 12.4 Å². The molecule has 1 amide bonds. The van der Waals surface area contributed by atoms with Crippen molar-refractivity contribution in [1.82, 2.24) is 9.55 Å². The van der Waals surface area contributed by atoms with E-state index in [0.717, 1.165) is 15.6 Å². The van der Waals surface area contributed by atoms with Gasteiger partial charge in [-0.2, -0.15) is 0 Å². The highest BCUT2D eigenvalue weighted by Crippen LogP contribution is 2.38. The highest BCUT2D eigenvalue weighted by atomic mass is 32.2. The van der Waals surface area contributed by atoms with E-state index in [0.29, 0.717) is 10.6 Å². The summed E-state index contributed by atoms with van der Waals surface area (Å²) in [4.78, 5) is 29.9. The second-order valence-corrected chi connectivity index (χ2v) is 7.98. The fourth-order valence-electron chi connectivity index (χ4n) is 2.25. The van der Waals surface area contributed by atoms with Crippen molar-refractivity contribution in [2.24, 2.45) is 7.05 Å². The van der Waals surface area contributed by atoms with Gasteiger partial charge >= 0.3 is 5.97 Å². The number of rotatable bonds is 7. The van der Waals surface area contributed by atoms with Crippen molar-refractivity contribution < 1.29 is 14.3 Å². The minimum Gasteiger partial charge on any atom is -0.462 e. The van der Waals surface area contributed by atoms with Gasteiger partial charge in [0.2, 0.25) is 5.91 Å². The van der Waals surface area contributed by atoms with Crippen LogP contribution in [0.1, 0.15) is 17.3 Å². The summed E-state index contributed by atoms with van der Waals surface area (Å²) in [5.74, 6) is -0.411. The number of thiophene rings is 2. The largest absolute Gasteiger partial charge is 0.462 e. The van der Waals surface area contributed by atoms with E-state index >= 15 is 0 Å². The minimum absolute atomic E-state index is 0.192. The van der Waals surface area contributed by atoms with E-state index in [1.807, 2.05) is 40.7 Å². The number of esters is 1. The Labute approximate surface area is 163 Å². The molecule has 136 valence electrons. The lowest BCUT2D eigenvalue weighted by atomic mass is 10.1. The third kappa shape index (κ3) is 4.17. The number of amides is 1. The van der Waals surface area contributed by atoms with Crippen LogP contribution in [0.5, 0.6) is 0 Å². The molecule has 1 N–H and O–H groups in total. The minimum atomic E-state index is -0.427. The molecule has 0 aliphatic heterocycles. The first-order valence-electron chi connectivity index (χ1n) is 7.82. The first-order valence-corrected chi connectivity index (χ1v) is 10.6. The van der Waals surface area contributed by atoms with Crippen molar-refractivity contribution >= 4 is 51.3 Å². The van der Waals surface area contributed by atoms with Crippen LogP contribution < -0.4 is 5.32 Å². The molecule has 3 aromatic heterocycles. The zero-order valence-electron chi connectivity index (χ0n) is 14.2. The van der Waals surface area contributed by atoms with Crippen LogP contribution in [0, 0.1) is 0 Å². The molecule has 3 rings (SSSR count). The molecule has 0 aliphatic rings. The highest BCUT2D eigenvalue weighted by Gasteiger charge is 2.23. The molecule has 0 saturated heterocycles. The molecule has 3 heterocycles. The fraction of sp³-hybridized carbons (Fsp3) is 0.235. The maximum absolute atomic E-state index is 12.4. The SMILES string of the molecule is CCOC(=O)c1c(-c2cccs2)csc1NC(=O)CSc1nccn1C. The number of aryl methyl sites for hydroxylation is 1. The van der Waals surface area contributed by atoms with E-state index in [4.69, 9.17) is 4.74 Å². The van der Waals surface area contributed by atoms with E-state index in [9.17, 15) is 9.59 Å². The summed E-state index contributed by atoms with van der Waals surface area (Å²) in [7, 11) is 1.87. The van der Waals surface area contributed by atoms with Gasteiger partial charge < -0.3 is 14.6 Å². The average molecular weight is 408 g/mol. The predicted molar refractivity (Wildman–Crippen MR) is 106 cm³/mol. The van der Waals surface area contributed by atoms with E-state index in [1.165, 1.54) is 34.4 Å². The first kappa shape index (κ1) is 18.7. The van der Waals surface area contributed by atoms with Gasteiger partial charge in [0.1, 0.15) is 10.6 Å². The molecule has 0 radical (unpaired) electrons. The molecule has 26 heavy (non-hydrogen) atoms. The molecule has 0 bridgehead atoms. The van der Waals surface area contributed by atoms with Gasteiger partial charge in [-0.1, -0.05) is 17.8 Å². The van der Waals surface area contributed by atoms with Gasteiger partial charge in [0, 0.05) is 35.3 Å². The van der Waals surface area contributed by atoms with Crippen LogP contribution in [-0.4, -0.2) is 33.8 Å². The molecule has 0 aliphatic carbocycles. The van der Waals surface area contributed by atoms with Crippen LogP contribution in [-0.2, 0) is 16.6 Å². The maximum atomic E-state index is 12.4. The number of hydrogen-bond acceptors (Lipinski definition) is 7. The van der Waals surface area contributed by atoms with Gasteiger partial charge in [0.15, 0.2) is 5.16 Å². The number of imidazole rings is 1. The average Bonchev–Trinajstić information content (AvgIpc) is 3.33. The van der Waals surface area contributed by atoms with Crippen molar-refractivity contribution in [3.8, 4) is 10.4 Å². The number of carbonyl (C=O) groups excluding carboxylic acids is 2. The van der Waals surface area contributed by atoms with Crippen LogP contribution in [0.3, 0.4) is 0 Å². The Hall–Kier alpha value is -2.10. The standard InChI is InChI=1S/C17H17N3O3S3/c1-3-23-16(22)14-11(12-5-4-8-24-12)9-25-15(14)19-13(21)10-26-17-18-6-7-20(17)2/h4-9H,3,10H2,1-2H3,(H,19,21). The van der Waals surface area contributed by atoms with Gasteiger partial charge in [-0.25, -0.2) is 9.78 Å². The number of carbonyl (C=O) groups is 2. The van der Waals surface area contributed by atoms with Crippen molar-refractivity contribution in [2.45, 2.75) is 12.1 Å². The topological polar surface area (TPSA) is 73.2 Å². The second-order valence-electron chi connectivity index (χ2n) is 5.21. The van der Waals surface area contributed by atoms with Crippen LogP contribution in [0.25, 0.3) is 10.4 Å². The summed E-state index contributed by atoms with van der Waals surface area (Å²) < 4.78 is 7.03. The van der Waals surface area contributed by atoms with Gasteiger partial charge in [0.25, 0.3) is 0 Å². The molecule has 9 heteroatoms. The monoisotopic (exact) mass is 407 g/mol. The third-order valence-electron chi connectivity index (χ3n) is 3.42. The van der Waals surface area contributed by atoms with Crippen LogP contribution in [0.15, 0.2) is 40.4 Å². The summed E-state index contributed by atoms with van der Waals surface area (Å²) in [6, 6.07) is 3.87. The van der Waals surface area contributed by atoms with E-state index < -0.39 is 5.97 Å². The molecule has 0 saturated carbocycles. The highest BCUT2D eigenvalue weighted by molar-refractivity contribution is 7.99. The van der Waals surface area contributed by atoms with Crippen molar-refractivity contribution in [3.05, 3.63) is 40.8 Å². The normalized spacial score (nSPS) is 10.7. The number of anilines is 1. The van der Waals surface area contributed by atoms with E-state index in [1.54, 1.807) is 13.1 Å². The van der Waals surface area contributed by atoms with Crippen molar-refractivity contribution in [1.29, 1.82) is 0 Å². The molecular weight excluding hydrogens is 390 g/mol. The molecular formula is C17H17N3O3S3. The summed E-state index contributed by atoms with van der Waals surface area (Å²) in [6.07, 6.45) is 3.51. The third-order valence-corrected chi connectivity index (χ3v) is 6.28. The smallest absolute Gasteiger partial charge is 0.341 e.